The Morgan fingerprint density at radius 3 is 1.64 bits per heavy atom. The highest BCUT2D eigenvalue weighted by molar-refractivity contribution is 8.13. The van der Waals surface area contributed by atoms with E-state index in [2.05, 4.69) is 40.6 Å². The normalized spacial score (nSPS) is 17.5. The van der Waals surface area contributed by atoms with Gasteiger partial charge in [0.15, 0.2) is 0 Å². The van der Waals surface area contributed by atoms with Crippen molar-refractivity contribution in [1.29, 1.82) is 0 Å². The Kier molecular flexibility index (Phi) is 20.6. The van der Waals surface area contributed by atoms with E-state index in [1.807, 2.05) is 25.1 Å². The fourth-order valence-corrected chi connectivity index (χ4v) is 8.55. The number of nitrogens with two attached hydrogens (primary N) is 1. The van der Waals surface area contributed by atoms with Gasteiger partial charge in [0.05, 0.1) is 53.6 Å². The molecule has 0 radical (unpaired) electrons. The minimum absolute atomic E-state index is 0. The van der Waals surface area contributed by atoms with Crippen LogP contribution in [0.15, 0.2) is 78.5 Å². The van der Waals surface area contributed by atoms with Gasteiger partial charge in [-0.25, -0.2) is 41.2 Å². The zero-order chi connectivity index (χ0) is 43.0. The number of nitrogens with one attached hydrogen (secondary N) is 1. The number of rotatable bonds is 7. The average molecular weight is 922 g/mol. The van der Waals surface area contributed by atoms with E-state index in [1.54, 1.807) is 5.01 Å². The van der Waals surface area contributed by atoms with Gasteiger partial charge in [-0.05, 0) is 75.9 Å². The smallest absolute Gasteiger partial charge is 0.337 e. The third-order valence-electron chi connectivity index (χ3n) is 9.53. The van der Waals surface area contributed by atoms with Crippen LogP contribution in [0.5, 0.6) is 0 Å². The van der Waals surface area contributed by atoms with Crippen LogP contribution < -0.4 is 10.5 Å². The van der Waals surface area contributed by atoms with Crippen LogP contribution in [0.4, 0.5) is 0 Å². The van der Waals surface area contributed by atoms with Gasteiger partial charge in [0, 0.05) is 47.0 Å². The van der Waals surface area contributed by atoms with Crippen LogP contribution >= 0.6 is 33.9 Å². The van der Waals surface area contributed by atoms with Crippen LogP contribution in [0, 0.1) is 10.8 Å². The molecule has 0 saturated heterocycles. The first-order chi connectivity index (χ1) is 27.5. The van der Waals surface area contributed by atoms with Crippen molar-refractivity contribution < 1.29 is 35.9 Å². The molecule has 0 amide bonds. The van der Waals surface area contributed by atoms with Crippen molar-refractivity contribution in [3.8, 4) is 0 Å². The Morgan fingerprint density at radius 1 is 0.780 bits per heavy atom. The van der Waals surface area contributed by atoms with Crippen LogP contribution in [0.25, 0.3) is 0 Å². The molecule has 2 aromatic carbocycles. The highest BCUT2D eigenvalue weighted by Gasteiger charge is 2.40. The second-order valence-corrected chi connectivity index (χ2v) is 18.6. The largest absolute Gasteiger partial charge is 0.465 e. The Hall–Kier alpha value is -3.97. The summed E-state index contributed by atoms with van der Waals surface area (Å²) in [5, 5.41) is 12.4. The number of hydrogen-bond acceptors (Lipinski definition) is 12. The van der Waals surface area contributed by atoms with Crippen molar-refractivity contribution in [3.05, 3.63) is 59.7 Å². The van der Waals surface area contributed by atoms with Crippen molar-refractivity contribution in [3.63, 3.8) is 0 Å². The molecule has 3 N–H and O–H groups in total. The number of guanidine groups is 2. The summed E-state index contributed by atoms with van der Waals surface area (Å²) in [5.41, 5.74) is 6.45. The lowest BCUT2D eigenvalue weighted by atomic mass is 9.88. The van der Waals surface area contributed by atoms with E-state index in [0.29, 0.717) is 24.5 Å². The number of carbonyl (C=O) groups excluding carboxylic acids is 2. The highest BCUT2D eigenvalue weighted by atomic mass is 35.7. The van der Waals surface area contributed by atoms with Gasteiger partial charge < -0.3 is 15.2 Å². The number of aliphatic imine (C=N–C) groups is 2. The zero-order valence-electron chi connectivity index (χ0n) is 32.9. The van der Waals surface area contributed by atoms with Crippen LogP contribution in [0.1, 0.15) is 93.4 Å². The molecule has 6 rings (SSSR count). The van der Waals surface area contributed by atoms with Crippen molar-refractivity contribution in [2.24, 2.45) is 36.8 Å². The number of ether oxygens (including phenoxy) is 2. The first-order valence-corrected chi connectivity index (χ1v) is 23.3. The Morgan fingerprint density at radius 2 is 1.20 bits per heavy atom. The standard InChI is InChI=1S/C18H24N4O4S.C10H18N4.C8H7ClO4S.CH2Cl2.CH4/c1-3-19-17(22-13-18(12-20-22)9-4-5-10-18)21-27(24,25)15-8-6-7-14(11-15)16(23)26-2;1-2-12-9(11)14-8-10(7-13-14)5-3-4-6-10;1-13-8(10)6-3-2-4-7(5-6)14(9,11)12;2-1-3;/h6-8,11-12H,3-5,9-10,13H2,1-2H3,(H,19,21);7H,2-6,8H2,1H3,(H2,11,12);2-5H,1H3;1H2;1H4. The van der Waals surface area contributed by atoms with Gasteiger partial charge in [0.2, 0.25) is 11.9 Å². The summed E-state index contributed by atoms with van der Waals surface area (Å²) in [6.45, 7) is 6.51. The zero-order valence-corrected chi connectivity index (χ0v) is 36.8. The average Bonchev–Trinajstić information content (AvgIpc) is 4.05. The lowest BCUT2D eigenvalue weighted by molar-refractivity contribution is 0.0591. The number of methoxy groups -OCH3 is 2. The van der Waals surface area contributed by atoms with Gasteiger partial charge in [-0.15, -0.1) is 23.2 Å². The maximum Gasteiger partial charge on any atom is 0.337 e. The molecule has 0 bridgehead atoms. The first-order valence-electron chi connectivity index (χ1n) is 18.5. The number of halogens is 3. The molecule has 0 aromatic heterocycles. The second-order valence-electron chi connectivity index (χ2n) is 13.6. The van der Waals surface area contributed by atoms with E-state index in [1.165, 1.54) is 82.4 Å². The molecule has 16 nitrogen and oxygen atoms in total. The monoisotopic (exact) mass is 920 g/mol. The molecular weight excluding hydrogens is 867 g/mol. The molecule has 2 fully saturated rings. The number of alkyl halides is 2. The minimum Gasteiger partial charge on any atom is -0.465 e. The summed E-state index contributed by atoms with van der Waals surface area (Å²) in [7, 11) is -0.166. The van der Waals surface area contributed by atoms with Crippen molar-refractivity contribution in [1.82, 2.24) is 14.7 Å². The van der Waals surface area contributed by atoms with E-state index < -0.39 is 31.0 Å². The lowest BCUT2D eigenvalue weighted by Crippen LogP contribution is -2.43. The van der Waals surface area contributed by atoms with E-state index in [-0.39, 0.29) is 45.1 Å². The maximum atomic E-state index is 12.8. The van der Waals surface area contributed by atoms with Crippen LogP contribution in [-0.2, 0) is 28.5 Å². The molecule has 0 unspecified atom stereocenters. The van der Waals surface area contributed by atoms with E-state index in [4.69, 9.17) is 39.6 Å². The Balaban J connectivity index is 0.000000317. The van der Waals surface area contributed by atoms with E-state index in [9.17, 15) is 26.4 Å². The summed E-state index contributed by atoms with van der Waals surface area (Å²) in [4.78, 5) is 31.0. The molecule has 59 heavy (non-hydrogen) atoms. The molecule has 2 heterocycles. The molecule has 2 aliphatic heterocycles. The minimum atomic E-state index is -3.92. The number of esters is 2. The SMILES string of the molecule is C.CCN=C(N)N1CC2(C=N1)CCCC2.CCN=C(NS(=O)(=O)c1cccc(C(=O)OC)c1)N1CC2(C=N1)CCCC2.COC(=O)c1cccc(S(=O)(=O)Cl)c1.ClCCl. The fraction of sp³-hybridized carbons (Fsp3) is 0.526. The summed E-state index contributed by atoms with van der Waals surface area (Å²) in [6.07, 6.45) is 13.6. The number of nitrogens with zero attached hydrogens (tertiary/aromatic N) is 6. The van der Waals surface area contributed by atoms with E-state index in [0.717, 1.165) is 44.8 Å². The summed E-state index contributed by atoms with van der Waals surface area (Å²) in [6, 6.07) is 11.0. The number of benzene rings is 2. The third kappa shape index (κ3) is 14.9. The molecule has 2 aromatic rings. The van der Waals surface area contributed by atoms with Gasteiger partial charge >= 0.3 is 11.9 Å². The third-order valence-corrected chi connectivity index (χ3v) is 12.2. The molecule has 2 aliphatic carbocycles. The van der Waals surface area contributed by atoms with Gasteiger partial charge in [-0.2, -0.15) is 10.2 Å². The van der Waals surface area contributed by atoms with Crippen molar-refractivity contribution in [2.45, 2.75) is 82.4 Å². The number of sulfonamides is 1. The molecule has 0 atom stereocenters. The van der Waals surface area contributed by atoms with Crippen molar-refractivity contribution >= 4 is 89.2 Å². The highest BCUT2D eigenvalue weighted by Crippen LogP contribution is 2.41. The molecular formula is C38H55Cl3N8O8S2. The van der Waals surface area contributed by atoms with Crippen LogP contribution in [0.3, 0.4) is 0 Å². The van der Waals surface area contributed by atoms with Gasteiger partial charge in [-0.1, -0.05) is 45.2 Å². The predicted octanol–water partition coefficient (Wildman–Crippen LogP) is 6.63. The number of hydrazone groups is 2. The molecule has 2 spiro atoms. The quantitative estimate of drug-likeness (QED) is 0.0988. The summed E-state index contributed by atoms with van der Waals surface area (Å²) >= 11 is 9.53. The molecule has 4 aliphatic rings. The van der Waals surface area contributed by atoms with Gasteiger partial charge in [0.1, 0.15) is 0 Å². The van der Waals surface area contributed by atoms with Crippen LogP contribution in [-0.4, -0.2) is 109 Å². The summed E-state index contributed by atoms with van der Waals surface area (Å²) in [5.74, 6) is -0.442. The van der Waals surface area contributed by atoms with Gasteiger partial charge in [-0.3, -0.25) is 9.98 Å². The summed E-state index contributed by atoms with van der Waals surface area (Å²) < 4.78 is 59.1. The maximum absolute atomic E-state index is 12.8. The lowest BCUT2D eigenvalue weighted by Gasteiger charge is -2.23. The van der Waals surface area contributed by atoms with E-state index >= 15 is 0 Å². The Bertz CT molecular complexity index is 2060. The molecule has 21 heteroatoms. The fourth-order valence-electron chi connectivity index (χ4n) is 6.69. The number of carbonyl (C=O) groups is 2. The molecule has 2 saturated carbocycles. The number of hydrogen-bond donors (Lipinski definition) is 2. The second kappa shape index (κ2) is 23.7. The van der Waals surface area contributed by atoms with Crippen molar-refractivity contribution in [2.75, 3.05) is 45.7 Å². The Labute approximate surface area is 362 Å². The molecule has 328 valence electrons. The topological polar surface area (TPSA) is 215 Å². The van der Waals surface area contributed by atoms with Crippen LogP contribution in [0.2, 0.25) is 0 Å². The van der Waals surface area contributed by atoms with Gasteiger partial charge in [0.25, 0.3) is 19.1 Å². The first kappa shape index (κ1) is 51.2. The predicted molar refractivity (Wildman–Crippen MR) is 235 cm³/mol.